The lowest BCUT2D eigenvalue weighted by Gasteiger charge is -2.45. The van der Waals surface area contributed by atoms with Crippen LogP contribution in [0.2, 0.25) is 0 Å². The van der Waals surface area contributed by atoms with Gasteiger partial charge in [0.05, 0.1) is 12.4 Å². The van der Waals surface area contributed by atoms with E-state index in [1.807, 2.05) is 19.1 Å². The lowest BCUT2D eigenvalue weighted by Crippen LogP contribution is -2.64. The van der Waals surface area contributed by atoms with Gasteiger partial charge in [-0.1, -0.05) is 31.2 Å². The number of carbonyl (C=O) groups is 1. The molecule has 0 bridgehead atoms. The number of sulfonamides is 1. The second-order valence-corrected chi connectivity index (χ2v) is 7.68. The largest absolute Gasteiger partial charge is 0.481 e. The monoisotopic (exact) mass is 327 g/mol. The zero-order valence-corrected chi connectivity index (χ0v) is 13.6. The van der Waals surface area contributed by atoms with Crippen LogP contribution in [0.5, 0.6) is 0 Å². The number of aliphatic carboxylic acids is 1. The predicted molar refractivity (Wildman–Crippen MR) is 82.0 cm³/mol. The van der Waals surface area contributed by atoms with Gasteiger partial charge in [-0.05, 0) is 17.5 Å². The van der Waals surface area contributed by atoms with Gasteiger partial charge in [-0.2, -0.15) is 4.31 Å². The summed E-state index contributed by atoms with van der Waals surface area (Å²) in [6.45, 7) is 1.98. The maximum atomic E-state index is 12.3. The first-order chi connectivity index (χ1) is 10.3. The van der Waals surface area contributed by atoms with Gasteiger partial charge in [-0.3, -0.25) is 4.79 Å². The smallest absolute Gasteiger partial charge is 0.314 e. The predicted octanol–water partition coefficient (Wildman–Crippen LogP) is 1.11. The summed E-state index contributed by atoms with van der Waals surface area (Å²) < 4.78 is 30.8. The van der Waals surface area contributed by atoms with Gasteiger partial charge in [0.15, 0.2) is 0 Å². The lowest BCUT2D eigenvalue weighted by atomic mass is 9.83. The fraction of sp³-hybridized carbons (Fsp3) is 0.533. The van der Waals surface area contributed by atoms with Crippen molar-refractivity contribution >= 4 is 16.0 Å². The normalized spacial score (nSPS) is 17.9. The molecule has 1 fully saturated rings. The maximum absolute atomic E-state index is 12.3. The summed E-state index contributed by atoms with van der Waals surface area (Å²) >= 11 is 0. The number of rotatable bonds is 7. The van der Waals surface area contributed by atoms with E-state index in [4.69, 9.17) is 4.74 Å². The first kappa shape index (κ1) is 16.9. The van der Waals surface area contributed by atoms with Crippen molar-refractivity contribution < 1.29 is 23.1 Å². The molecule has 1 N–H and O–H groups in total. The summed E-state index contributed by atoms with van der Waals surface area (Å²) in [5, 5.41) is 9.24. The number of methoxy groups -OCH3 is 1. The SMILES string of the molecule is CCc1ccc(CS(=O)(=O)N2CC(COC)(C(=O)O)C2)cc1. The highest BCUT2D eigenvalue weighted by molar-refractivity contribution is 7.88. The van der Waals surface area contributed by atoms with Gasteiger partial charge in [0.2, 0.25) is 10.0 Å². The van der Waals surface area contributed by atoms with Crippen molar-refractivity contribution in [3.63, 3.8) is 0 Å². The number of carboxylic acid groups (broad SMARTS) is 1. The molecule has 2 rings (SSSR count). The first-order valence-electron chi connectivity index (χ1n) is 7.11. The Balaban J connectivity index is 2.04. The fourth-order valence-corrected chi connectivity index (χ4v) is 4.25. The minimum atomic E-state index is -3.50. The minimum absolute atomic E-state index is 0.0134. The molecule has 0 saturated carbocycles. The van der Waals surface area contributed by atoms with Crippen LogP contribution in [0.15, 0.2) is 24.3 Å². The van der Waals surface area contributed by atoms with E-state index < -0.39 is 21.4 Å². The molecule has 122 valence electrons. The van der Waals surface area contributed by atoms with Crippen LogP contribution in [0.4, 0.5) is 0 Å². The Morgan fingerprint density at radius 2 is 1.82 bits per heavy atom. The summed E-state index contributed by atoms with van der Waals surface area (Å²) in [7, 11) is -2.09. The van der Waals surface area contributed by atoms with E-state index in [1.54, 1.807) is 12.1 Å². The Kier molecular flexibility index (Phi) is 4.89. The first-order valence-corrected chi connectivity index (χ1v) is 8.72. The van der Waals surface area contributed by atoms with Crippen LogP contribution < -0.4 is 0 Å². The molecule has 22 heavy (non-hydrogen) atoms. The number of carboxylic acids is 1. The van der Waals surface area contributed by atoms with Crippen LogP contribution in [-0.2, 0) is 31.7 Å². The molecule has 0 amide bonds. The van der Waals surface area contributed by atoms with Crippen LogP contribution in [0.1, 0.15) is 18.1 Å². The molecule has 0 aromatic heterocycles. The Morgan fingerprint density at radius 1 is 1.27 bits per heavy atom. The molecule has 7 heteroatoms. The Bertz CT molecular complexity index is 632. The van der Waals surface area contributed by atoms with Crippen molar-refractivity contribution in [2.45, 2.75) is 19.1 Å². The van der Waals surface area contributed by atoms with Gasteiger partial charge in [-0.15, -0.1) is 0 Å². The van der Waals surface area contributed by atoms with Crippen LogP contribution in [0.3, 0.4) is 0 Å². The molecular weight excluding hydrogens is 306 g/mol. The van der Waals surface area contributed by atoms with Crippen LogP contribution in [0, 0.1) is 5.41 Å². The van der Waals surface area contributed by atoms with Crippen LogP contribution >= 0.6 is 0 Å². The highest BCUT2D eigenvalue weighted by Gasteiger charge is 2.53. The van der Waals surface area contributed by atoms with Gasteiger partial charge >= 0.3 is 5.97 Å². The third kappa shape index (κ3) is 3.31. The van der Waals surface area contributed by atoms with Crippen molar-refractivity contribution in [2.24, 2.45) is 5.41 Å². The molecule has 0 spiro atoms. The zero-order chi connectivity index (χ0) is 16.4. The van der Waals surface area contributed by atoms with E-state index >= 15 is 0 Å². The summed E-state index contributed by atoms with van der Waals surface area (Å²) in [6, 6.07) is 7.42. The van der Waals surface area contributed by atoms with E-state index in [2.05, 4.69) is 0 Å². The van der Waals surface area contributed by atoms with E-state index in [1.165, 1.54) is 11.4 Å². The van der Waals surface area contributed by atoms with Crippen molar-refractivity contribution in [3.8, 4) is 0 Å². The van der Waals surface area contributed by atoms with Gasteiger partial charge in [0.1, 0.15) is 5.41 Å². The third-order valence-corrected chi connectivity index (χ3v) is 5.75. The number of aryl methyl sites for hydroxylation is 1. The molecule has 1 aromatic carbocycles. The van der Waals surface area contributed by atoms with Crippen molar-refractivity contribution in [3.05, 3.63) is 35.4 Å². The fourth-order valence-electron chi connectivity index (χ4n) is 2.56. The minimum Gasteiger partial charge on any atom is -0.481 e. The van der Waals surface area contributed by atoms with Crippen LogP contribution in [0.25, 0.3) is 0 Å². The van der Waals surface area contributed by atoms with E-state index in [0.29, 0.717) is 5.56 Å². The molecule has 0 aliphatic carbocycles. The summed E-state index contributed by atoms with van der Waals surface area (Å²) in [5.74, 6) is -1.13. The molecular formula is C15H21NO5S. The molecule has 1 aliphatic rings. The second kappa shape index (κ2) is 6.36. The molecule has 1 heterocycles. The molecule has 0 unspecified atom stereocenters. The zero-order valence-electron chi connectivity index (χ0n) is 12.8. The van der Waals surface area contributed by atoms with Crippen molar-refractivity contribution in [2.75, 3.05) is 26.8 Å². The third-order valence-electron chi connectivity index (χ3n) is 4.01. The summed E-state index contributed by atoms with van der Waals surface area (Å²) in [6.07, 6.45) is 0.900. The topological polar surface area (TPSA) is 83.9 Å². The number of hydrogen-bond acceptors (Lipinski definition) is 4. The maximum Gasteiger partial charge on any atom is 0.314 e. The second-order valence-electron chi connectivity index (χ2n) is 5.71. The average Bonchev–Trinajstić information content (AvgIpc) is 2.42. The molecule has 1 aromatic rings. The van der Waals surface area contributed by atoms with E-state index in [9.17, 15) is 18.3 Å². The van der Waals surface area contributed by atoms with Gasteiger partial charge in [0.25, 0.3) is 0 Å². The van der Waals surface area contributed by atoms with Gasteiger partial charge in [-0.25, -0.2) is 8.42 Å². The highest BCUT2D eigenvalue weighted by atomic mass is 32.2. The molecule has 1 aliphatic heterocycles. The van der Waals surface area contributed by atoms with Gasteiger partial charge < -0.3 is 9.84 Å². The average molecular weight is 327 g/mol. The van der Waals surface area contributed by atoms with Gasteiger partial charge in [0, 0.05) is 20.2 Å². The lowest BCUT2D eigenvalue weighted by molar-refractivity contribution is -0.161. The van der Waals surface area contributed by atoms with Crippen LogP contribution in [-0.4, -0.2) is 50.6 Å². The summed E-state index contributed by atoms with van der Waals surface area (Å²) in [5.41, 5.74) is 0.736. The Hall–Kier alpha value is -1.44. The van der Waals surface area contributed by atoms with E-state index in [-0.39, 0.29) is 25.4 Å². The van der Waals surface area contributed by atoms with Crippen molar-refractivity contribution in [1.82, 2.24) is 4.31 Å². The number of nitrogens with zero attached hydrogens (tertiary/aromatic N) is 1. The standard InChI is InChI=1S/C15H21NO5S/c1-3-12-4-6-13(7-5-12)8-22(19,20)16-9-15(10-16,11-21-2)14(17)18/h4-7H,3,8-11H2,1-2H3,(H,17,18). The van der Waals surface area contributed by atoms with E-state index in [0.717, 1.165) is 12.0 Å². The molecule has 1 saturated heterocycles. The summed E-state index contributed by atoms with van der Waals surface area (Å²) in [4.78, 5) is 11.3. The number of ether oxygens (including phenoxy) is 1. The molecule has 6 nitrogen and oxygen atoms in total. The van der Waals surface area contributed by atoms with Crippen molar-refractivity contribution in [1.29, 1.82) is 0 Å². The Labute approximate surface area is 130 Å². The number of hydrogen-bond donors (Lipinski definition) is 1. The number of benzene rings is 1. The highest BCUT2D eigenvalue weighted by Crippen LogP contribution is 2.34. The molecule has 0 radical (unpaired) electrons. The Morgan fingerprint density at radius 3 is 2.27 bits per heavy atom. The molecule has 0 atom stereocenters. The quantitative estimate of drug-likeness (QED) is 0.811.